The second kappa shape index (κ2) is 7.50. The summed E-state index contributed by atoms with van der Waals surface area (Å²) in [4.78, 5) is 13.2. The Labute approximate surface area is 181 Å². The molecule has 0 radical (unpaired) electrons. The van der Waals surface area contributed by atoms with E-state index in [0.29, 0.717) is 5.56 Å². The van der Waals surface area contributed by atoms with Gasteiger partial charge in [0.05, 0.1) is 0 Å². The second-order valence-electron chi connectivity index (χ2n) is 8.23. The first-order chi connectivity index (χ1) is 13.7. The van der Waals surface area contributed by atoms with E-state index in [2.05, 4.69) is 52.8 Å². The number of halogens is 2. The Bertz CT molecular complexity index is 1130. The van der Waals surface area contributed by atoms with Crippen molar-refractivity contribution < 1.29 is 20.6 Å². The van der Waals surface area contributed by atoms with E-state index in [9.17, 15) is 4.79 Å². The number of nitrogens with one attached hydrogen (secondary N) is 1. The van der Waals surface area contributed by atoms with Crippen LogP contribution in [-0.2, 0) is 22.3 Å². The van der Waals surface area contributed by atoms with E-state index in [4.69, 9.17) is 17.0 Å². The summed E-state index contributed by atoms with van der Waals surface area (Å²) in [5, 5.41) is 0. The van der Waals surface area contributed by atoms with Gasteiger partial charge >= 0.3 is 183 Å². The molecular weight excluding hydrogens is 496 g/mol. The minimum absolute atomic E-state index is 0.168. The van der Waals surface area contributed by atoms with Gasteiger partial charge in [-0.1, -0.05) is 0 Å². The first-order valence-electron chi connectivity index (χ1n) is 9.88. The summed E-state index contributed by atoms with van der Waals surface area (Å²) in [6, 6.07) is 22.2. The molecule has 149 valence electrons. The quantitative estimate of drug-likeness (QED) is 0.353. The van der Waals surface area contributed by atoms with Crippen LogP contribution in [0.1, 0.15) is 27.0 Å². The Hall–Kier alpha value is -1.19. The van der Waals surface area contributed by atoms with Crippen LogP contribution in [0.2, 0.25) is 13.1 Å². The molecule has 6 heteroatoms. The summed E-state index contributed by atoms with van der Waals surface area (Å²) in [6.45, 7) is 6.29. The van der Waals surface area contributed by atoms with E-state index >= 15 is 0 Å². The molecule has 1 aliphatic rings. The zero-order valence-corrected chi connectivity index (χ0v) is 21.9. The molecule has 0 saturated heterocycles. The number of benzene rings is 3. The predicted octanol–water partition coefficient (Wildman–Crippen LogP) is 5.52. The van der Waals surface area contributed by atoms with E-state index < -0.39 is 21.8 Å². The van der Waals surface area contributed by atoms with Crippen LogP contribution in [0.5, 0.6) is 0 Å². The van der Waals surface area contributed by atoms with Crippen molar-refractivity contribution in [1.82, 2.24) is 3.26 Å². The fourth-order valence-corrected chi connectivity index (χ4v) is 21.9. The van der Waals surface area contributed by atoms with Crippen molar-refractivity contribution in [3.8, 4) is 11.1 Å². The van der Waals surface area contributed by atoms with Crippen molar-refractivity contribution >= 4 is 32.1 Å². The van der Waals surface area contributed by atoms with E-state index in [0.717, 1.165) is 15.3 Å². The van der Waals surface area contributed by atoms with Crippen molar-refractivity contribution in [1.29, 1.82) is 0 Å². The molecule has 0 aromatic heterocycles. The fourth-order valence-electron chi connectivity index (χ4n) is 4.18. The van der Waals surface area contributed by atoms with E-state index in [1.807, 2.05) is 37.3 Å². The SMILES string of the molecule is Cc1cccc(C(=O)[NH][Zr]([Cl])([Cl])([c]2cccc3c2Cc2ccccc2-3)[SiH](C)C)c1. The van der Waals surface area contributed by atoms with Gasteiger partial charge in [-0.05, 0) is 0 Å². The molecule has 0 saturated carbocycles. The second-order valence-corrected chi connectivity index (χ2v) is 47.9. The predicted molar refractivity (Wildman–Crippen MR) is 124 cm³/mol. The first-order valence-corrected chi connectivity index (χ1v) is 25.8. The average Bonchev–Trinajstić information content (AvgIpc) is 3.06. The van der Waals surface area contributed by atoms with Gasteiger partial charge in [-0.3, -0.25) is 0 Å². The zero-order chi connectivity index (χ0) is 20.8. The number of carbonyl (C=O) groups is 1. The molecule has 0 heterocycles. The van der Waals surface area contributed by atoms with Gasteiger partial charge in [0.25, 0.3) is 0 Å². The van der Waals surface area contributed by atoms with Crippen molar-refractivity contribution in [3.05, 3.63) is 89.0 Å². The van der Waals surface area contributed by atoms with Gasteiger partial charge in [0.15, 0.2) is 0 Å². The van der Waals surface area contributed by atoms with Gasteiger partial charge in [0, 0.05) is 0 Å². The molecule has 4 rings (SSSR count). The maximum atomic E-state index is 13.2. The molecule has 3 aromatic carbocycles. The number of hydrogen-bond acceptors (Lipinski definition) is 1. The summed E-state index contributed by atoms with van der Waals surface area (Å²) in [6.07, 6.45) is 0.812. The van der Waals surface area contributed by atoms with Crippen LogP contribution in [-0.4, -0.2) is 11.8 Å². The Kier molecular flexibility index (Phi) is 5.44. The summed E-state index contributed by atoms with van der Waals surface area (Å²) >= 11 is -4.79. The van der Waals surface area contributed by atoms with Crippen LogP contribution < -0.4 is 6.53 Å². The third-order valence-corrected chi connectivity index (χ3v) is 49.9. The normalized spacial score (nSPS) is 14.1. The number of amides is 1. The monoisotopic (exact) mass is 518 g/mol. The number of rotatable bonds is 4. The van der Waals surface area contributed by atoms with Gasteiger partial charge in [0.2, 0.25) is 0 Å². The van der Waals surface area contributed by atoms with E-state index in [1.165, 1.54) is 22.3 Å². The van der Waals surface area contributed by atoms with Gasteiger partial charge in [-0.15, -0.1) is 0 Å². The molecule has 2 nitrogen and oxygen atoms in total. The molecule has 0 spiro atoms. The third kappa shape index (κ3) is 3.59. The molecule has 0 atom stereocenters. The average molecular weight is 521 g/mol. The fraction of sp³-hybridized carbons (Fsp3) is 0.174. The van der Waals surface area contributed by atoms with Gasteiger partial charge < -0.3 is 0 Å². The number of aryl methyl sites for hydroxylation is 1. The van der Waals surface area contributed by atoms with E-state index in [1.54, 1.807) is 0 Å². The van der Waals surface area contributed by atoms with Crippen LogP contribution in [0.15, 0.2) is 66.7 Å². The zero-order valence-electron chi connectivity index (χ0n) is 16.8. The Morgan fingerprint density at radius 2 is 1.66 bits per heavy atom. The number of fused-ring (bicyclic) bond motifs is 3. The number of hydrogen-bond donors (Lipinski definition) is 1. The summed E-state index contributed by atoms with van der Waals surface area (Å²) in [7, 11) is 14.9. The van der Waals surface area contributed by atoms with Crippen LogP contribution in [0, 0.1) is 6.92 Å². The molecule has 29 heavy (non-hydrogen) atoms. The summed E-state index contributed by atoms with van der Waals surface area (Å²) in [5.74, 6) is -1.83. The third-order valence-electron chi connectivity index (χ3n) is 5.98. The topological polar surface area (TPSA) is 29.1 Å². The van der Waals surface area contributed by atoms with Crippen LogP contribution in [0.4, 0.5) is 0 Å². The van der Waals surface area contributed by atoms with Crippen LogP contribution in [0.25, 0.3) is 11.1 Å². The van der Waals surface area contributed by atoms with E-state index in [-0.39, 0.29) is 5.91 Å². The Morgan fingerprint density at radius 1 is 0.966 bits per heavy atom. The van der Waals surface area contributed by atoms with Crippen LogP contribution in [0.3, 0.4) is 0 Å². The maximum absolute atomic E-state index is 13.2. The molecule has 0 aliphatic heterocycles. The number of carbonyl (C=O) groups excluding carboxylic acids is 1. The van der Waals surface area contributed by atoms with Gasteiger partial charge in [-0.2, -0.15) is 0 Å². The Balaban J connectivity index is 1.83. The summed E-state index contributed by atoms with van der Waals surface area (Å²) in [5.41, 5.74) is 6.56. The molecule has 0 bridgehead atoms. The van der Waals surface area contributed by atoms with Crippen molar-refractivity contribution in [2.24, 2.45) is 0 Å². The summed E-state index contributed by atoms with van der Waals surface area (Å²) < 4.78 is 4.25. The van der Waals surface area contributed by atoms with Crippen molar-refractivity contribution in [3.63, 3.8) is 0 Å². The van der Waals surface area contributed by atoms with Gasteiger partial charge in [-0.25, -0.2) is 0 Å². The van der Waals surface area contributed by atoms with Gasteiger partial charge in [0.1, 0.15) is 0 Å². The molecule has 1 amide bonds. The minimum atomic E-state index is -4.79. The first kappa shape index (κ1) is 21.1. The Morgan fingerprint density at radius 3 is 2.38 bits per heavy atom. The molecule has 1 aliphatic carbocycles. The molecule has 1 N–H and O–H groups in total. The van der Waals surface area contributed by atoms with Crippen LogP contribution >= 0.6 is 17.0 Å². The van der Waals surface area contributed by atoms with Crippen molar-refractivity contribution in [2.75, 3.05) is 0 Å². The molecular formula is C23H24Cl2NOSiZr. The van der Waals surface area contributed by atoms with Crippen molar-refractivity contribution in [2.45, 2.75) is 26.4 Å². The molecule has 0 unspecified atom stereocenters. The molecule has 3 aromatic rings. The standard InChI is InChI=1S/C13H9.C8H9NO.C2H7Si.2ClH.Zr/c1-3-7-12-10(5-1)9-11-6-2-4-8-13(11)12;1-6-3-2-4-7(5-6)8(9)10;1-3-2;;;/h1-5,7-8H,9H2;2-5H,1H3,(H2,9,10);3H,1-2H3;2*1H;/q;;;;;+3/p-3. The molecule has 0 fully saturated rings.